The highest BCUT2D eigenvalue weighted by Crippen LogP contribution is 2.34. The van der Waals surface area contributed by atoms with Crippen LogP contribution in [-0.4, -0.2) is 82.5 Å². The first-order chi connectivity index (χ1) is 21.2. The van der Waals surface area contributed by atoms with Gasteiger partial charge in [-0.25, -0.2) is 14.4 Å². The van der Waals surface area contributed by atoms with Gasteiger partial charge in [-0.05, 0) is 69.0 Å². The van der Waals surface area contributed by atoms with Gasteiger partial charge in [0.1, 0.15) is 5.82 Å². The highest BCUT2D eigenvalue weighted by Gasteiger charge is 2.29. The molecule has 224 valence electrons. The normalized spacial score (nSPS) is 15.7. The molecule has 44 heavy (non-hydrogen) atoms. The fraction of sp³-hybridized carbons (Fsp3) is 0.242. The minimum absolute atomic E-state index is 0.198. The summed E-state index contributed by atoms with van der Waals surface area (Å²) in [6.07, 6.45) is 2.68. The van der Waals surface area contributed by atoms with Gasteiger partial charge >= 0.3 is 0 Å². The van der Waals surface area contributed by atoms with Gasteiger partial charge in [-0.1, -0.05) is 29.8 Å². The number of hydrogen-bond acceptors (Lipinski definition) is 7. The van der Waals surface area contributed by atoms with Crippen molar-refractivity contribution in [2.45, 2.75) is 19.0 Å². The summed E-state index contributed by atoms with van der Waals surface area (Å²) in [4.78, 5) is 32.7. The van der Waals surface area contributed by atoms with Gasteiger partial charge in [0.2, 0.25) is 11.9 Å². The number of nitrogens with zero attached hydrogens (tertiary/aromatic N) is 6. The molecule has 9 nitrogen and oxygen atoms in total. The molecule has 6 rings (SSSR count). The molecular weight excluding hydrogens is 579 g/mol. The molecule has 4 aromatic rings. The third-order valence-electron chi connectivity index (χ3n) is 8.10. The number of fused-ring (bicyclic) bond motifs is 3. The van der Waals surface area contributed by atoms with Gasteiger partial charge in [-0.2, -0.15) is 0 Å². The van der Waals surface area contributed by atoms with E-state index in [1.54, 1.807) is 67.8 Å². The van der Waals surface area contributed by atoms with Crippen molar-refractivity contribution < 1.29 is 9.18 Å². The van der Waals surface area contributed by atoms with Crippen molar-refractivity contribution in [3.63, 3.8) is 0 Å². The molecule has 1 fully saturated rings. The van der Waals surface area contributed by atoms with Crippen LogP contribution in [0.1, 0.15) is 33.5 Å². The van der Waals surface area contributed by atoms with Gasteiger partial charge in [-0.15, -0.1) is 0 Å². The lowest BCUT2D eigenvalue weighted by molar-refractivity contribution is 0.0856. The highest BCUT2D eigenvalue weighted by molar-refractivity contribution is 6.31. The Labute approximate surface area is 260 Å². The van der Waals surface area contributed by atoms with Crippen molar-refractivity contribution in [2.75, 3.05) is 39.5 Å². The zero-order chi connectivity index (χ0) is 31.0. The van der Waals surface area contributed by atoms with E-state index in [-0.39, 0.29) is 24.2 Å². The number of carbonyl (C=O) groups excluding carboxylic acids is 1. The van der Waals surface area contributed by atoms with Gasteiger partial charge in [-0.3, -0.25) is 20.1 Å². The minimum atomic E-state index is -0.365. The molecule has 2 aliphatic rings. The summed E-state index contributed by atoms with van der Waals surface area (Å²) in [6, 6.07) is 19.3. The molecule has 3 aromatic carbocycles. The fourth-order valence-corrected chi connectivity index (χ4v) is 5.72. The number of hydrogen-bond donors (Lipinski definition) is 2. The third kappa shape index (κ3) is 5.78. The average Bonchev–Trinajstić information content (AvgIpc) is 3.47. The number of carbonyl (C=O) groups is 1. The molecule has 1 atom stereocenters. The summed E-state index contributed by atoms with van der Waals surface area (Å²) in [6.45, 7) is 1.75. The first-order valence-electron chi connectivity index (χ1n) is 14.3. The van der Waals surface area contributed by atoms with E-state index in [4.69, 9.17) is 27.0 Å². The van der Waals surface area contributed by atoms with Crippen LogP contribution in [0.3, 0.4) is 0 Å². The first-order valence-corrected chi connectivity index (χ1v) is 14.7. The summed E-state index contributed by atoms with van der Waals surface area (Å²) < 4.78 is 14.8. The zero-order valence-electron chi connectivity index (χ0n) is 24.7. The van der Waals surface area contributed by atoms with Crippen LogP contribution in [0.5, 0.6) is 0 Å². The molecule has 3 heterocycles. The van der Waals surface area contributed by atoms with E-state index in [0.717, 1.165) is 30.6 Å². The Hall–Kier alpha value is -4.67. The fourth-order valence-electron chi connectivity index (χ4n) is 5.55. The number of nitrogens with one attached hydrogen (secondary N) is 2. The number of amides is 1. The van der Waals surface area contributed by atoms with Crippen molar-refractivity contribution in [3.8, 4) is 11.3 Å². The van der Waals surface area contributed by atoms with Crippen molar-refractivity contribution in [2.24, 2.45) is 4.99 Å². The molecule has 2 aliphatic heterocycles. The van der Waals surface area contributed by atoms with E-state index >= 15 is 0 Å². The molecule has 0 saturated carbocycles. The number of halogens is 2. The molecule has 0 bridgehead atoms. The molecule has 0 spiro atoms. The number of likely N-dealkylation sites (N-methyl/N-ethyl adjacent to an activating group) is 1. The van der Waals surface area contributed by atoms with Crippen LogP contribution in [0, 0.1) is 11.2 Å². The molecular formula is C33H32ClFN8O. The number of likely N-dealkylation sites (tertiary alicyclic amines) is 1. The van der Waals surface area contributed by atoms with Crippen molar-refractivity contribution in [3.05, 3.63) is 106 Å². The van der Waals surface area contributed by atoms with E-state index in [1.807, 2.05) is 25.1 Å². The maximum Gasteiger partial charge on any atom is 0.260 e. The van der Waals surface area contributed by atoms with Gasteiger partial charge in [0.05, 0.1) is 18.0 Å². The second-order valence-corrected chi connectivity index (χ2v) is 11.6. The summed E-state index contributed by atoms with van der Waals surface area (Å²) in [5.74, 6) is -0.0577. The van der Waals surface area contributed by atoms with Crippen LogP contribution in [-0.2, 0) is 6.54 Å². The van der Waals surface area contributed by atoms with E-state index in [0.29, 0.717) is 50.8 Å². The van der Waals surface area contributed by atoms with Crippen LogP contribution in [0.4, 0.5) is 16.0 Å². The minimum Gasteiger partial charge on any atom is -0.341 e. The number of benzene rings is 3. The predicted octanol–water partition coefficient (Wildman–Crippen LogP) is 5.67. The second-order valence-electron chi connectivity index (χ2n) is 11.1. The van der Waals surface area contributed by atoms with Gasteiger partial charge in [0, 0.05) is 70.9 Å². The van der Waals surface area contributed by atoms with Crippen LogP contribution < -0.4 is 5.32 Å². The SMILES string of the molecule is CN(C(=N)N1CCC(N(C)C)C1)C(=O)c1ccc(Nc2ncc3c(n2)-c2ccc(Cl)cc2C(c2ccccc2F)=NC3)cc1. The molecule has 1 unspecified atom stereocenters. The lowest BCUT2D eigenvalue weighted by Crippen LogP contribution is -2.44. The van der Waals surface area contributed by atoms with Crippen LogP contribution >= 0.6 is 11.6 Å². The molecule has 1 saturated heterocycles. The Kier molecular flexibility index (Phi) is 8.11. The van der Waals surface area contributed by atoms with E-state index in [1.165, 1.54) is 11.0 Å². The number of rotatable bonds is 5. The van der Waals surface area contributed by atoms with E-state index in [9.17, 15) is 9.18 Å². The quantitative estimate of drug-likeness (QED) is 0.223. The van der Waals surface area contributed by atoms with E-state index in [2.05, 4.69) is 15.2 Å². The van der Waals surface area contributed by atoms with E-state index < -0.39 is 0 Å². The molecule has 1 aromatic heterocycles. The summed E-state index contributed by atoms with van der Waals surface area (Å²) in [5, 5.41) is 12.3. The van der Waals surface area contributed by atoms with Gasteiger partial charge < -0.3 is 15.1 Å². The molecule has 2 N–H and O–H groups in total. The largest absolute Gasteiger partial charge is 0.341 e. The Balaban J connectivity index is 1.21. The van der Waals surface area contributed by atoms with Crippen molar-refractivity contribution in [1.82, 2.24) is 24.7 Å². The third-order valence-corrected chi connectivity index (χ3v) is 8.33. The zero-order valence-corrected chi connectivity index (χ0v) is 25.4. The average molecular weight is 611 g/mol. The van der Waals surface area contributed by atoms with Crippen molar-refractivity contribution in [1.29, 1.82) is 5.41 Å². The number of aliphatic imine (C=N–C) groups is 1. The summed E-state index contributed by atoms with van der Waals surface area (Å²) >= 11 is 6.37. The standard InChI is InChI=1S/C33H32ClFN8O/c1-41(2)24-14-15-43(19-24)32(36)42(3)31(44)20-8-11-23(12-9-20)39-33-38-18-21-17-37-30(26-6-4-5-7-28(26)35)27-16-22(34)10-13-25(27)29(21)40-33/h4-13,16,18,24,36H,14-15,17,19H2,1-3H3,(H,38,39,40). The first kappa shape index (κ1) is 29.4. The monoisotopic (exact) mass is 610 g/mol. The maximum absolute atomic E-state index is 14.8. The highest BCUT2D eigenvalue weighted by atomic mass is 35.5. The Morgan fingerprint density at radius 1 is 1.05 bits per heavy atom. The van der Waals surface area contributed by atoms with Crippen LogP contribution in [0.15, 0.2) is 77.9 Å². The lowest BCUT2D eigenvalue weighted by Gasteiger charge is -2.27. The Morgan fingerprint density at radius 2 is 1.82 bits per heavy atom. The van der Waals surface area contributed by atoms with Gasteiger partial charge in [0.25, 0.3) is 5.91 Å². The predicted molar refractivity (Wildman–Crippen MR) is 171 cm³/mol. The smallest absolute Gasteiger partial charge is 0.260 e. The maximum atomic E-state index is 14.8. The second kappa shape index (κ2) is 12.1. The molecule has 11 heteroatoms. The Bertz CT molecular complexity index is 1770. The number of anilines is 2. The van der Waals surface area contributed by atoms with Crippen LogP contribution in [0.2, 0.25) is 5.02 Å². The van der Waals surface area contributed by atoms with Crippen molar-refractivity contribution >= 4 is 40.8 Å². The van der Waals surface area contributed by atoms with Crippen LogP contribution in [0.25, 0.3) is 11.3 Å². The molecule has 1 amide bonds. The Morgan fingerprint density at radius 3 is 2.55 bits per heavy atom. The summed E-state index contributed by atoms with van der Waals surface area (Å²) in [5.41, 5.74) is 5.00. The summed E-state index contributed by atoms with van der Waals surface area (Å²) in [7, 11) is 5.70. The molecule has 0 aliphatic carbocycles. The molecule has 0 radical (unpaired) electrons. The van der Waals surface area contributed by atoms with Gasteiger partial charge in [0.15, 0.2) is 0 Å². The topological polar surface area (TPSA) is 101 Å². The lowest BCUT2D eigenvalue weighted by atomic mass is 9.95. The number of guanidine groups is 1. The number of aromatic nitrogens is 2.